The second-order valence-electron chi connectivity index (χ2n) is 8.45. The number of hydrogen-bond donors (Lipinski definition) is 0. The fourth-order valence-electron chi connectivity index (χ4n) is 4.07. The number of rotatable bonds is 8. The summed E-state index contributed by atoms with van der Waals surface area (Å²) in [5, 5.41) is 9.55. The van der Waals surface area contributed by atoms with Crippen LogP contribution in [-0.4, -0.2) is 26.8 Å². The first-order valence-corrected chi connectivity index (χ1v) is 12.8. The summed E-state index contributed by atoms with van der Waals surface area (Å²) in [6.07, 6.45) is 4.84. The normalized spacial score (nSPS) is 14.1. The summed E-state index contributed by atoms with van der Waals surface area (Å²) in [4.78, 5) is 32.6. The van der Waals surface area contributed by atoms with Gasteiger partial charge in [-0.3, -0.25) is 9.78 Å². The third-order valence-corrected chi connectivity index (χ3v) is 6.89. The zero-order valence-corrected chi connectivity index (χ0v) is 22.4. The molecule has 0 bridgehead atoms. The van der Waals surface area contributed by atoms with Crippen LogP contribution in [0.2, 0.25) is 0 Å². The zero-order chi connectivity index (χ0) is 26.7. The van der Waals surface area contributed by atoms with Crippen LogP contribution < -0.4 is 4.74 Å². The lowest BCUT2D eigenvalue weighted by molar-refractivity contribution is -0.763. The molecule has 0 amide bonds. The number of halogens is 2. The molecule has 1 heterocycles. The maximum absolute atomic E-state index is 14.2. The van der Waals surface area contributed by atoms with Gasteiger partial charge in [0.1, 0.15) is 18.7 Å². The molecule has 4 rings (SSSR count). The average molecular weight is 559 g/mol. The van der Waals surface area contributed by atoms with E-state index in [-0.39, 0.29) is 31.2 Å². The van der Waals surface area contributed by atoms with E-state index < -0.39 is 28.0 Å². The molecule has 2 aromatic carbocycles. The van der Waals surface area contributed by atoms with E-state index in [0.717, 1.165) is 22.3 Å². The van der Waals surface area contributed by atoms with Gasteiger partial charge in [0.25, 0.3) is 5.09 Å². The second kappa shape index (κ2) is 12.2. The Morgan fingerprint density at radius 2 is 1.84 bits per heavy atom. The van der Waals surface area contributed by atoms with Gasteiger partial charge in [0.05, 0.1) is 12.1 Å². The predicted molar refractivity (Wildman–Crippen MR) is 144 cm³/mol. The minimum absolute atomic E-state index is 0. The van der Waals surface area contributed by atoms with Gasteiger partial charge in [-0.05, 0) is 113 Å². The first-order valence-electron chi connectivity index (χ1n) is 11.2. The third-order valence-electron chi connectivity index (χ3n) is 5.96. The number of aromatic nitrogens is 1. The van der Waals surface area contributed by atoms with Gasteiger partial charge in [-0.15, -0.1) is 22.5 Å². The van der Waals surface area contributed by atoms with Gasteiger partial charge in [0.2, 0.25) is 0 Å². The first-order chi connectivity index (χ1) is 17.6. The minimum Gasteiger partial charge on any atom is -0.612 e. The highest BCUT2D eigenvalue weighted by Gasteiger charge is 2.26. The molecule has 1 aliphatic carbocycles. The molecule has 1 atom stereocenters. The Labute approximate surface area is 227 Å². The van der Waals surface area contributed by atoms with Crippen LogP contribution in [0.1, 0.15) is 41.3 Å². The number of allylic oxidation sites excluding steroid dienone is 2. The standard InChI is InChI=1S/C27H23FN2O6S.ClH/c1-16-23(10-18-4-7-21(8-5-18)37(3)34)22-9-6-20(28)12-25(22)24(16)13-27(31)36-26-11-19(14-29-17(26)2)15-35-30(32)33;/h4-12,14H,13,15H2,1-3H3;1H/b23-10-;. The van der Waals surface area contributed by atoms with E-state index in [1.807, 2.05) is 25.1 Å². The van der Waals surface area contributed by atoms with E-state index in [4.69, 9.17) is 4.74 Å². The van der Waals surface area contributed by atoms with Crippen LogP contribution >= 0.6 is 12.4 Å². The van der Waals surface area contributed by atoms with Crippen molar-refractivity contribution in [3.63, 3.8) is 0 Å². The van der Waals surface area contributed by atoms with Crippen LogP contribution in [0.25, 0.3) is 17.2 Å². The van der Waals surface area contributed by atoms with Crippen LogP contribution in [0.5, 0.6) is 5.75 Å². The number of ether oxygens (including phenoxy) is 1. The van der Waals surface area contributed by atoms with Crippen molar-refractivity contribution >= 4 is 46.8 Å². The fourth-order valence-corrected chi connectivity index (χ4v) is 4.59. The Bertz CT molecular complexity index is 1440. The number of esters is 1. The largest absolute Gasteiger partial charge is 0.612 e. The van der Waals surface area contributed by atoms with E-state index in [1.165, 1.54) is 24.4 Å². The molecule has 8 nitrogen and oxygen atoms in total. The van der Waals surface area contributed by atoms with E-state index in [0.29, 0.717) is 27.3 Å². The van der Waals surface area contributed by atoms with Crippen molar-refractivity contribution < 1.29 is 28.4 Å². The maximum Gasteiger partial charge on any atom is 0.315 e. The van der Waals surface area contributed by atoms with Crippen molar-refractivity contribution in [2.45, 2.75) is 31.8 Å². The van der Waals surface area contributed by atoms with E-state index in [9.17, 15) is 23.9 Å². The summed E-state index contributed by atoms with van der Waals surface area (Å²) < 4.78 is 31.4. The lowest BCUT2D eigenvalue weighted by Crippen LogP contribution is -2.11. The summed E-state index contributed by atoms with van der Waals surface area (Å²) in [6, 6.07) is 13.2. The quantitative estimate of drug-likeness (QED) is 0.150. The smallest absolute Gasteiger partial charge is 0.315 e. The van der Waals surface area contributed by atoms with Crippen molar-refractivity contribution in [3.8, 4) is 5.75 Å². The summed E-state index contributed by atoms with van der Waals surface area (Å²) in [5.74, 6) is -0.848. The average Bonchev–Trinajstić information content (AvgIpc) is 3.09. The van der Waals surface area contributed by atoms with Crippen LogP contribution in [-0.2, 0) is 27.4 Å². The third kappa shape index (κ3) is 6.58. The first kappa shape index (κ1) is 28.8. The van der Waals surface area contributed by atoms with Crippen LogP contribution in [0.15, 0.2) is 65.2 Å². The van der Waals surface area contributed by atoms with Gasteiger partial charge in [-0.1, -0.05) is 6.07 Å². The van der Waals surface area contributed by atoms with Gasteiger partial charge in [0.15, 0.2) is 10.6 Å². The predicted octanol–water partition coefficient (Wildman–Crippen LogP) is 5.72. The van der Waals surface area contributed by atoms with Crippen molar-refractivity contribution in [2.75, 3.05) is 6.26 Å². The number of aryl methyl sites for hydroxylation is 1. The molecule has 38 heavy (non-hydrogen) atoms. The topological polar surface area (TPSA) is 115 Å². The van der Waals surface area contributed by atoms with Crippen molar-refractivity contribution in [3.05, 3.63) is 104 Å². The summed E-state index contributed by atoms with van der Waals surface area (Å²) in [7, 11) is 0. The van der Waals surface area contributed by atoms with Crippen molar-refractivity contribution in [1.29, 1.82) is 0 Å². The number of carbonyl (C=O) groups is 1. The number of benzene rings is 2. The lowest BCUT2D eigenvalue weighted by atomic mass is 10.0. The van der Waals surface area contributed by atoms with Crippen LogP contribution in [0.4, 0.5) is 4.39 Å². The molecule has 0 saturated carbocycles. The molecule has 198 valence electrons. The minimum atomic E-state index is -1.09. The molecule has 0 N–H and O–H groups in total. The van der Waals surface area contributed by atoms with Gasteiger partial charge in [-0.25, -0.2) is 4.39 Å². The number of pyridine rings is 1. The van der Waals surface area contributed by atoms with E-state index >= 15 is 0 Å². The lowest BCUT2D eigenvalue weighted by Gasteiger charge is -2.10. The molecule has 1 unspecified atom stereocenters. The summed E-state index contributed by atoms with van der Waals surface area (Å²) in [6.45, 7) is 3.18. The van der Waals surface area contributed by atoms with E-state index in [2.05, 4.69) is 9.82 Å². The zero-order valence-electron chi connectivity index (χ0n) is 20.7. The van der Waals surface area contributed by atoms with Gasteiger partial charge in [0, 0.05) is 6.20 Å². The Hall–Kier alpha value is -3.73. The van der Waals surface area contributed by atoms with Crippen LogP contribution in [0, 0.1) is 22.9 Å². The highest BCUT2D eigenvalue weighted by atomic mass is 35.5. The molecule has 1 aliphatic rings. The van der Waals surface area contributed by atoms with E-state index in [1.54, 1.807) is 31.4 Å². The molecule has 0 radical (unpaired) electrons. The summed E-state index contributed by atoms with van der Waals surface area (Å²) >= 11 is -1.09. The Balaban J connectivity index is 0.00000400. The van der Waals surface area contributed by atoms with Crippen molar-refractivity contribution in [2.24, 2.45) is 0 Å². The Morgan fingerprint density at radius 1 is 1.13 bits per heavy atom. The van der Waals surface area contributed by atoms with Gasteiger partial charge >= 0.3 is 5.97 Å². The van der Waals surface area contributed by atoms with Gasteiger partial charge < -0.3 is 14.1 Å². The Morgan fingerprint density at radius 3 is 2.50 bits per heavy atom. The molecule has 11 heteroatoms. The molecular formula is C27H24ClFN2O6S. The fraction of sp³-hybridized carbons (Fsp3) is 0.185. The molecule has 3 aromatic rings. The highest BCUT2D eigenvalue weighted by molar-refractivity contribution is 7.90. The van der Waals surface area contributed by atoms with Crippen molar-refractivity contribution in [1.82, 2.24) is 4.98 Å². The molecule has 1 aromatic heterocycles. The molecule has 0 spiro atoms. The Kier molecular flexibility index (Phi) is 9.26. The van der Waals surface area contributed by atoms with Crippen LogP contribution in [0.3, 0.4) is 0 Å². The maximum atomic E-state index is 14.2. The molecular weight excluding hydrogens is 535 g/mol. The number of hydrogen-bond acceptors (Lipinski definition) is 7. The number of fused-ring (bicyclic) bond motifs is 1. The van der Waals surface area contributed by atoms with Gasteiger partial charge in [-0.2, -0.15) is 0 Å². The number of nitrogens with zero attached hydrogens (tertiary/aromatic N) is 2. The highest BCUT2D eigenvalue weighted by Crippen LogP contribution is 2.44. The SMILES string of the molecule is CC1=C(CC(=O)Oc2cc(CO[N+](=O)[O-])cnc2C)c2cc(F)ccc2/C1=C\c1ccc([S+](C)[O-])cc1.Cl. The molecule has 0 aliphatic heterocycles. The summed E-state index contributed by atoms with van der Waals surface area (Å²) in [5.41, 5.74) is 5.37. The number of carbonyl (C=O) groups excluding carboxylic acids is 1. The monoisotopic (exact) mass is 558 g/mol. The molecule has 0 fully saturated rings. The molecule has 0 saturated heterocycles. The second-order valence-corrected chi connectivity index (χ2v) is 9.83.